The summed E-state index contributed by atoms with van der Waals surface area (Å²) in [5.41, 5.74) is 2.82. The molecule has 0 radical (unpaired) electrons. The number of fused-ring (bicyclic) bond motifs is 1. The van der Waals surface area contributed by atoms with Crippen LogP contribution in [-0.2, 0) is 4.79 Å². The Morgan fingerprint density at radius 3 is 2.65 bits per heavy atom. The molecular formula is C23H31N5O3. The maximum absolute atomic E-state index is 12.5. The number of piperidine rings is 2. The first-order valence-corrected chi connectivity index (χ1v) is 11.1. The van der Waals surface area contributed by atoms with Crippen molar-refractivity contribution < 1.29 is 14.7 Å². The van der Waals surface area contributed by atoms with Gasteiger partial charge in [-0.3, -0.25) is 9.69 Å². The minimum atomic E-state index is -0.794. The van der Waals surface area contributed by atoms with Crippen LogP contribution in [0.5, 0.6) is 0 Å². The lowest BCUT2D eigenvalue weighted by Crippen LogP contribution is -2.36. The van der Waals surface area contributed by atoms with Gasteiger partial charge >= 0.3 is 12.0 Å². The molecule has 2 fully saturated rings. The molecule has 2 saturated heterocycles. The summed E-state index contributed by atoms with van der Waals surface area (Å²) < 4.78 is 1.47. The number of nitrogens with one attached hydrogen (secondary N) is 2. The number of nitrogens with zero attached hydrogens (tertiary/aromatic N) is 3. The smallest absolute Gasteiger partial charge is 0.342 e. The molecule has 0 spiro atoms. The molecule has 166 valence electrons. The van der Waals surface area contributed by atoms with Crippen LogP contribution in [0.4, 0.5) is 4.79 Å². The number of aliphatic carboxylic acids is 1. The van der Waals surface area contributed by atoms with Crippen molar-refractivity contribution in [3.63, 3.8) is 0 Å². The van der Waals surface area contributed by atoms with Crippen molar-refractivity contribution in [3.8, 4) is 0 Å². The van der Waals surface area contributed by atoms with Crippen LogP contribution < -0.4 is 10.6 Å². The second-order valence-electron chi connectivity index (χ2n) is 8.52. The predicted molar refractivity (Wildman–Crippen MR) is 120 cm³/mol. The number of carbonyl (C=O) groups excluding carboxylic acids is 1. The van der Waals surface area contributed by atoms with Gasteiger partial charge in [-0.15, -0.1) is 0 Å². The quantitative estimate of drug-likeness (QED) is 0.681. The van der Waals surface area contributed by atoms with E-state index in [4.69, 9.17) is 10.2 Å². The largest absolute Gasteiger partial charge is 0.480 e. The van der Waals surface area contributed by atoms with Crippen molar-refractivity contribution in [1.82, 2.24) is 25.3 Å². The zero-order valence-corrected chi connectivity index (χ0v) is 18.0. The van der Waals surface area contributed by atoms with E-state index in [0.29, 0.717) is 5.92 Å². The molecule has 2 aromatic rings. The van der Waals surface area contributed by atoms with E-state index < -0.39 is 5.97 Å². The Balaban J connectivity index is 1.59. The highest BCUT2D eigenvalue weighted by molar-refractivity contribution is 5.93. The molecule has 4 rings (SSSR count). The first-order chi connectivity index (χ1) is 15.0. The van der Waals surface area contributed by atoms with Crippen LogP contribution in [-0.4, -0.2) is 71.6 Å². The molecule has 0 aliphatic carbocycles. The molecule has 3 heterocycles. The summed E-state index contributed by atoms with van der Waals surface area (Å²) in [7, 11) is 1.61. The first-order valence-electron chi connectivity index (χ1n) is 11.1. The lowest BCUT2D eigenvalue weighted by molar-refractivity contribution is -0.138. The number of carbonyl (C=O) groups is 2. The summed E-state index contributed by atoms with van der Waals surface area (Å²) >= 11 is 0. The molecule has 0 saturated carbocycles. The van der Waals surface area contributed by atoms with Crippen molar-refractivity contribution in [2.45, 2.75) is 31.6 Å². The molecule has 0 unspecified atom stereocenters. The SMILES string of the molecule is CNC(=O)n1nc(C2CCN(CC(=O)O)CC2)c2ccc(/C=C/C3CCNCC3)cc21. The average Bonchev–Trinajstić information content (AvgIpc) is 3.17. The Kier molecular flexibility index (Phi) is 6.67. The summed E-state index contributed by atoms with van der Waals surface area (Å²) in [6, 6.07) is 5.96. The van der Waals surface area contributed by atoms with Crippen LogP contribution in [0, 0.1) is 5.92 Å². The summed E-state index contributed by atoms with van der Waals surface area (Å²) in [4.78, 5) is 25.4. The van der Waals surface area contributed by atoms with Gasteiger partial charge in [-0.2, -0.15) is 9.78 Å². The van der Waals surface area contributed by atoms with Gasteiger partial charge in [-0.05, 0) is 69.4 Å². The van der Waals surface area contributed by atoms with Crippen molar-refractivity contribution in [2.24, 2.45) is 5.92 Å². The van der Waals surface area contributed by atoms with Crippen LogP contribution in [0.15, 0.2) is 24.3 Å². The highest BCUT2D eigenvalue weighted by Crippen LogP contribution is 2.33. The summed E-state index contributed by atoms with van der Waals surface area (Å²) in [6.07, 6.45) is 8.41. The van der Waals surface area contributed by atoms with Crippen molar-refractivity contribution >= 4 is 29.0 Å². The monoisotopic (exact) mass is 425 g/mol. The van der Waals surface area contributed by atoms with Gasteiger partial charge in [0.2, 0.25) is 0 Å². The van der Waals surface area contributed by atoms with Crippen molar-refractivity contribution in [1.29, 1.82) is 0 Å². The number of benzene rings is 1. The number of carboxylic acids is 1. The molecule has 31 heavy (non-hydrogen) atoms. The van der Waals surface area contributed by atoms with E-state index in [2.05, 4.69) is 34.9 Å². The van der Waals surface area contributed by atoms with Gasteiger partial charge in [-0.25, -0.2) is 4.79 Å². The van der Waals surface area contributed by atoms with Crippen LogP contribution in [0.25, 0.3) is 17.0 Å². The van der Waals surface area contributed by atoms with Gasteiger partial charge in [0.25, 0.3) is 0 Å². The molecule has 8 nitrogen and oxygen atoms in total. The minimum Gasteiger partial charge on any atom is -0.480 e. The number of rotatable bonds is 5. The second-order valence-corrected chi connectivity index (χ2v) is 8.52. The van der Waals surface area contributed by atoms with E-state index in [1.54, 1.807) is 7.05 Å². The van der Waals surface area contributed by atoms with Crippen LogP contribution in [0.2, 0.25) is 0 Å². The molecule has 1 aromatic carbocycles. The number of likely N-dealkylation sites (tertiary alicyclic amines) is 1. The fourth-order valence-electron chi connectivity index (χ4n) is 4.66. The average molecular weight is 426 g/mol. The number of amides is 1. The van der Waals surface area contributed by atoms with Gasteiger partial charge in [0, 0.05) is 18.4 Å². The summed E-state index contributed by atoms with van der Waals surface area (Å²) in [5, 5.41) is 20.8. The van der Waals surface area contributed by atoms with Gasteiger partial charge in [0.15, 0.2) is 0 Å². The van der Waals surface area contributed by atoms with E-state index in [9.17, 15) is 9.59 Å². The van der Waals surface area contributed by atoms with E-state index in [-0.39, 0.29) is 18.5 Å². The maximum atomic E-state index is 12.5. The molecule has 0 bridgehead atoms. The van der Waals surface area contributed by atoms with Crippen molar-refractivity contribution in [3.05, 3.63) is 35.5 Å². The minimum absolute atomic E-state index is 0.0763. The topological polar surface area (TPSA) is 99.5 Å². The third kappa shape index (κ3) is 4.97. The zero-order chi connectivity index (χ0) is 21.8. The summed E-state index contributed by atoms with van der Waals surface area (Å²) in [6.45, 7) is 3.65. The number of carboxylic acid groups (broad SMARTS) is 1. The highest BCUT2D eigenvalue weighted by atomic mass is 16.4. The fourth-order valence-corrected chi connectivity index (χ4v) is 4.66. The lowest BCUT2D eigenvalue weighted by atomic mass is 9.91. The van der Waals surface area contributed by atoms with Crippen molar-refractivity contribution in [2.75, 3.05) is 39.8 Å². The van der Waals surface area contributed by atoms with E-state index >= 15 is 0 Å². The Bertz CT molecular complexity index is 969. The number of hydrogen-bond donors (Lipinski definition) is 3. The second kappa shape index (κ2) is 9.62. The third-order valence-electron chi connectivity index (χ3n) is 6.42. The third-order valence-corrected chi connectivity index (χ3v) is 6.42. The van der Waals surface area contributed by atoms with E-state index in [1.807, 2.05) is 11.0 Å². The van der Waals surface area contributed by atoms with Gasteiger partial charge in [0.1, 0.15) is 0 Å². The zero-order valence-electron chi connectivity index (χ0n) is 18.0. The van der Waals surface area contributed by atoms with Gasteiger partial charge < -0.3 is 15.7 Å². The highest BCUT2D eigenvalue weighted by Gasteiger charge is 2.27. The maximum Gasteiger partial charge on any atom is 0.342 e. The molecule has 3 N–H and O–H groups in total. The molecule has 2 aliphatic rings. The molecule has 2 aliphatic heterocycles. The molecule has 1 amide bonds. The molecular weight excluding hydrogens is 394 g/mol. The molecule has 8 heteroatoms. The lowest BCUT2D eigenvalue weighted by Gasteiger charge is -2.30. The fraction of sp³-hybridized carbons (Fsp3) is 0.522. The number of aromatic nitrogens is 2. The Labute approximate surface area is 182 Å². The van der Waals surface area contributed by atoms with E-state index in [0.717, 1.165) is 74.0 Å². The van der Waals surface area contributed by atoms with Gasteiger partial charge in [0.05, 0.1) is 17.8 Å². The predicted octanol–water partition coefficient (Wildman–Crippen LogP) is 2.50. The van der Waals surface area contributed by atoms with E-state index in [1.165, 1.54) is 4.68 Å². The normalized spacial score (nSPS) is 19.3. The molecule has 1 aromatic heterocycles. The van der Waals surface area contributed by atoms with Crippen LogP contribution in [0.1, 0.15) is 42.9 Å². The molecule has 0 atom stereocenters. The number of allylic oxidation sites excluding steroid dienone is 1. The first kappa shape index (κ1) is 21.5. The Hall–Kier alpha value is -2.71. The standard InChI is InChI=1S/C23H31N5O3/c1-24-23(31)28-20-14-17(3-2-16-6-10-25-11-7-16)4-5-19(20)22(26-28)18-8-12-27(13-9-18)15-21(29)30/h2-5,14,16,18,25H,6-13,15H2,1H3,(H,24,31)(H,29,30)/b3-2+. The Morgan fingerprint density at radius 2 is 1.97 bits per heavy atom. The van der Waals surface area contributed by atoms with Crippen LogP contribution in [0.3, 0.4) is 0 Å². The number of hydrogen-bond acceptors (Lipinski definition) is 5. The summed E-state index contributed by atoms with van der Waals surface area (Å²) in [5.74, 6) is 0.0137. The van der Waals surface area contributed by atoms with Gasteiger partial charge in [-0.1, -0.05) is 24.3 Å². The Morgan fingerprint density at radius 1 is 1.23 bits per heavy atom. The van der Waals surface area contributed by atoms with Crippen LogP contribution >= 0.6 is 0 Å².